The van der Waals surface area contributed by atoms with E-state index in [4.69, 9.17) is 17.3 Å². The normalized spacial score (nSPS) is 10.1. The third-order valence-electron chi connectivity index (χ3n) is 1.29. The quantitative estimate of drug-likeness (QED) is 0.688. The Morgan fingerprint density at radius 3 is 2.91 bits per heavy atom. The van der Waals surface area contributed by atoms with Gasteiger partial charge in [0.05, 0.1) is 0 Å². The highest BCUT2D eigenvalue weighted by molar-refractivity contribution is 6.29. The minimum Gasteiger partial charge on any atom is -0.330 e. The molecule has 2 nitrogen and oxygen atoms in total. The van der Waals surface area contributed by atoms with Gasteiger partial charge in [0.25, 0.3) is 0 Å². The van der Waals surface area contributed by atoms with Crippen molar-refractivity contribution in [1.29, 1.82) is 0 Å². The van der Waals surface area contributed by atoms with Gasteiger partial charge >= 0.3 is 0 Å². The molecular formula is C7H8ClFN2. The number of halogens is 2. The van der Waals surface area contributed by atoms with Gasteiger partial charge in [-0.1, -0.05) is 11.6 Å². The van der Waals surface area contributed by atoms with Crippen LogP contribution < -0.4 is 5.73 Å². The van der Waals surface area contributed by atoms with E-state index in [2.05, 4.69) is 4.98 Å². The molecule has 11 heavy (non-hydrogen) atoms. The molecule has 1 heterocycles. The van der Waals surface area contributed by atoms with Gasteiger partial charge in [-0.15, -0.1) is 0 Å². The van der Waals surface area contributed by atoms with E-state index in [1.54, 1.807) is 0 Å². The van der Waals surface area contributed by atoms with E-state index >= 15 is 0 Å². The summed E-state index contributed by atoms with van der Waals surface area (Å²) in [5, 5.41) is -0.0919. The van der Waals surface area contributed by atoms with Gasteiger partial charge in [-0.25, -0.2) is 9.37 Å². The fourth-order valence-corrected chi connectivity index (χ4v) is 0.868. The molecule has 0 saturated heterocycles. The van der Waals surface area contributed by atoms with Crippen molar-refractivity contribution in [1.82, 2.24) is 4.98 Å². The van der Waals surface area contributed by atoms with Crippen LogP contribution >= 0.6 is 11.6 Å². The van der Waals surface area contributed by atoms with Crippen LogP contribution in [0, 0.1) is 5.82 Å². The van der Waals surface area contributed by atoms with Gasteiger partial charge in [0.15, 0.2) is 11.0 Å². The average molecular weight is 175 g/mol. The van der Waals surface area contributed by atoms with Gasteiger partial charge in [0, 0.05) is 6.20 Å². The lowest BCUT2D eigenvalue weighted by atomic mass is 10.2. The summed E-state index contributed by atoms with van der Waals surface area (Å²) in [6.45, 7) is 0.489. The van der Waals surface area contributed by atoms with Crippen molar-refractivity contribution in [2.24, 2.45) is 5.73 Å². The molecule has 1 rings (SSSR count). The van der Waals surface area contributed by atoms with E-state index < -0.39 is 5.82 Å². The van der Waals surface area contributed by atoms with Crippen LogP contribution in [0.4, 0.5) is 4.39 Å². The molecular weight excluding hydrogens is 167 g/mol. The van der Waals surface area contributed by atoms with Crippen LogP contribution in [-0.4, -0.2) is 11.5 Å². The van der Waals surface area contributed by atoms with Gasteiger partial charge in [0.1, 0.15) is 0 Å². The topological polar surface area (TPSA) is 38.9 Å². The van der Waals surface area contributed by atoms with Gasteiger partial charge in [-0.2, -0.15) is 0 Å². The predicted molar refractivity (Wildman–Crippen MR) is 42.0 cm³/mol. The minimum atomic E-state index is -0.488. The third-order valence-corrected chi connectivity index (χ3v) is 1.56. The van der Waals surface area contributed by atoms with E-state index in [9.17, 15) is 4.39 Å². The second-order valence-electron chi connectivity index (χ2n) is 2.15. The predicted octanol–water partition coefficient (Wildman–Crippen LogP) is 1.38. The Hall–Kier alpha value is -0.670. The molecule has 0 radical (unpaired) electrons. The van der Waals surface area contributed by atoms with Crippen LogP contribution in [0.3, 0.4) is 0 Å². The van der Waals surface area contributed by atoms with Gasteiger partial charge in [0.2, 0.25) is 0 Å². The van der Waals surface area contributed by atoms with Crippen LogP contribution in [0.1, 0.15) is 5.56 Å². The Morgan fingerprint density at radius 1 is 1.64 bits per heavy atom. The number of rotatable bonds is 2. The fraction of sp³-hybridized carbons (Fsp3) is 0.286. The molecule has 0 amide bonds. The van der Waals surface area contributed by atoms with E-state index in [1.807, 2.05) is 0 Å². The molecule has 1 aromatic rings. The van der Waals surface area contributed by atoms with Gasteiger partial charge in [-0.05, 0) is 24.6 Å². The Labute approximate surface area is 69.2 Å². The monoisotopic (exact) mass is 174 g/mol. The van der Waals surface area contributed by atoms with Gasteiger partial charge in [-0.3, -0.25) is 0 Å². The molecule has 0 saturated carbocycles. The molecule has 0 bridgehead atoms. The number of nitrogens with zero attached hydrogens (tertiary/aromatic N) is 1. The lowest BCUT2D eigenvalue weighted by molar-refractivity contribution is 0.619. The summed E-state index contributed by atoms with van der Waals surface area (Å²) >= 11 is 5.36. The molecule has 0 aliphatic rings. The zero-order valence-corrected chi connectivity index (χ0v) is 6.61. The minimum absolute atomic E-state index is 0.0919. The highest BCUT2D eigenvalue weighted by atomic mass is 35.5. The summed E-state index contributed by atoms with van der Waals surface area (Å²) < 4.78 is 12.7. The first-order chi connectivity index (χ1) is 5.24. The maximum Gasteiger partial charge on any atom is 0.164 e. The van der Waals surface area contributed by atoms with Crippen LogP contribution in [0.15, 0.2) is 12.3 Å². The molecule has 1 aromatic heterocycles. The van der Waals surface area contributed by atoms with E-state index in [0.29, 0.717) is 13.0 Å². The molecule has 2 N–H and O–H groups in total. The molecule has 0 aromatic carbocycles. The fourth-order valence-electron chi connectivity index (χ4n) is 0.764. The number of pyridine rings is 1. The van der Waals surface area contributed by atoms with Crippen LogP contribution in [0.5, 0.6) is 0 Å². The Kier molecular flexibility index (Phi) is 2.79. The van der Waals surface area contributed by atoms with E-state index in [1.165, 1.54) is 12.3 Å². The molecule has 0 fully saturated rings. The molecule has 4 heteroatoms. The summed E-state index contributed by atoms with van der Waals surface area (Å²) in [4.78, 5) is 3.63. The molecule has 0 aliphatic heterocycles. The Balaban J connectivity index is 2.86. The SMILES string of the molecule is NCCc1cnc(Cl)c(F)c1. The third kappa shape index (κ3) is 2.13. The van der Waals surface area contributed by atoms with Crippen LogP contribution in [0.2, 0.25) is 5.15 Å². The smallest absolute Gasteiger partial charge is 0.164 e. The molecule has 0 unspecified atom stereocenters. The first-order valence-electron chi connectivity index (χ1n) is 3.24. The van der Waals surface area contributed by atoms with Crippen molar-refractivity contribution in [2.45, 2.75) is 6.42 Å². The Bertz CT molecular complexity index is 252. The maximum absolute atomic E-state index is 12.7. The number of hydrogen-bond donors (Lipinski definition) is 1. The molecule has 0 atom stereocenters. The summed E-state index contributed by atoms with van der Waals surface area (Å²) in [5.74, 6) is -0.488. The maximum atomic E-state index is 12.7. The zero-order chi connectivity index (χ0) is 8.27. The lowest BCUT2D eigenvalue weighted by Gasteiger charge is -1.97. The van der Waals surface area contributed by atoms with Gasteiger partial charge < -0.3 is 5.73 Å². The van der Waals surface area contributed by atoms with Crippen molar-refractivity contribution < 1.29 is 4.39 Å². The first kappa shape index (κ1) is 8.43. The van der Waals surface area contributed by atoms with Crippen molar-refractivity contribution in [3.8, 4) is 0 Å². The lowest BCUT2D eigenvalue weighted by Crippen LogP contribution is -2.03. The van der Waals surface area contributed by atoms with Crippen molar-refractivity contribution in [2.75, 3.05) is 6.54 Å². The second kappa shape index (κ2) is 3.64. The summed E-state index contributed by atoms with van der Waals surface area (Å²) in [6.07, 6.45) is 2.15. The highest BCUT2D eigenvalue weighted by Crippen LogP contribution is 2.11. The second-order valence-corrected chi connectivity index (χ2v) is 2.51. The van der Waals surface area contributed by atoms with E-state index in [-0.39, 0.29) is 5.15 Å². The van der Waals surface area contributed by atoms with E-state index in [0.717, 1.165) is 5.56 Å². The van der Waals surface area contributed by atoms with Crippen molar-refractivity contribution in [3.05, 3.63) is 28.8 Å². The van der Waals surface area contributed by atoms with Crippen molar-refractivity contribution >= 4 is 11.6 Å². The number of hydrogen-bond acceptors (Lipinski definition) is 2. The molecule has 0 spiro atoms. The molecule has 0 aliphatic carbocycles. The highest BCUT2D eigenvalue weighted by Gasteiger charge is 2.00. The largest absolute Gasteiger partial charge is 0.330 e. The standard InChI is InChI=1S/C7H8ClFN2/c8-7-6(9)3-5(1-2-10)4-11-7/h3-4H,1-2,10H2. The molecule has 60 valence electrons. The number of aromatic nitrogens is 1. The van der Waals surface area contributed by atoms with Crippen molar-refractivity contribution in [3.63, 3.8) is 0 Å². The van der Waals surface area contributed by atoms with Crippen LogP contribution in [-0.2, 0) is 6.42 Å². The number of nitrogens with two attached hydrogens (primary N) is 1. The Morgan fingerprint density at radius 2 is 2.36 bits per heavy atom. The summed E-state index contributed by atoms with van der Waals surface area (Å²) in [7, 11) is 0. The first-order valence-corrected chi connectivity index (χ1v) is 3.62. The summed E-state index contributed by atoms with van der Waals surface area (Å²) in [6, 6.07) is 1.35. The average Bonchev–Trinajstić information content (AvgIpc) is 1.98. The van der Waals surface area contributed by atoms with Crippen LogP contribution in [0.25, 0.3) is 0 Å². The zero-order valence-electron chi connectivity index (χ0n) is 5.85. The summed E-state index contributed by atoms with van der Waals surface area (Å²) in [5.41, 5.74) is 6.04.